The topological polar surface area (TPSA) is 92.7 Å². The summed E-state index contributed by atoms with van der Waals surface area (Å²) in [7, 11) is 0. The van der Waals surface area contributed by atoms with E-state index in [9.17, 15) is 9.59 Å². The van der Waals surface area contributed by atoms with Gasteiger partial charge in [0.15, 0.2) is 0 Å². The van der Waals surface area contributed by atoms with E-state index in [1.165, 1.54) is 0 Å². The molecule has 2 aliphatic heterocycles. The second kappa shape index (κ2) is 8.50. The number of carbonyl (C=O) groups excluding carboxylic acids is 2. The SMILES string of the molecule is CCC(CC)(C(N)=O)N1C=CC(=C2C=CN(C(CC)(CC)C(N)=O)C=C2)C=C1. The van der Waals surface area contributed by atoms with Gasteiger partial charge in [-0.15, -0.1) is 0 Å². The Balaban J connectivity index is 2.26. The zero-order chi connectivity index (χ0) is 20.9. The Labute approximate surface area is 167 Å². The highest BCUT2D eigenvalue weighted by atomic mass is 16.2. The molecule has 0 radical (unpaired) electrons. The van der Waals surface area contributed by atoms with Gasteiger partial charge in [-0.3, -0.25) is 9.59 Å². The molecule has 0 aromatic rings. The molecule has 0 saturated carbocycles. The molecule has 2 heterocycles. The molecule has 152 valence electrons. The van der Waals surface area contributed by atoms with Crippen LogP contribution in [0, 0.1) is 0 Å². The van der Waals surface area contributed by atoms with E-state index in [0.717, 1.165) is 11.1 Å². The first-order valence-corrected chi connectivity index (χ1v) is 9.95. The van der Waals surface area contributed by atoms with Crippen LogP contribution in [0.1, 0.15) is 53.4 Å². The molecule has 6 nitrogen and oxygen atoms in total. The van der Waals surface area contributed by atoms with E-state index in [1.807, 2.05) is 86.6 Å². The number of amides is 2. The lowest BCUT2D eigenvalue weighted by atomic mass is 9.88. The second-order valence-electron chi connectivity index (χ2n) is 7.19. The Morgan fingerprint density at radius 3 is 1.11 bits per heavy atom. The van der Waals surface area contributed by atoms with Gasteiger partial charge in [-0.1, -0.05) is 27.7 Å². The molecular weight excluding hydrogens is 352 g/mol. The van der Waals surface area contributed by atoms with Gasteiger partial charge in [-0.25, -0.2) is 0 Å². The number of allylic oxidation sites excluding steroid dienone is 6. The molecule has 0 unspecified atom stereocenters. The van der Waals surface area contributed by atoms with Crippen LogP contribution in [0.5, 0.6) is 0 Å². The van der Waals surface area contributed by atoms with E-state index in [2.05, 4.69) is 0 Å². The van der Waals surface area contributed by atoms with Crippen LogP contribution < -0.4 is 11.5 Å². The molecule has 28 heavy (non-hydrogen) atoms. The monoisotopic (exact) mass is 384 g/mol. The Hall–Kier alpha value is -2.76. The van der Waals surface area contributed by atoms with Crippen LogP contribution in [0.2, 0.25) is 0 Å². The molecule has 0 bridgehead atoms. The molecule has 0 atom stereocenters. The van der Waals surface area contributed by atoms with Crippen LogP contribution in [-0.2, 0) is 9.59 Å². The highest BCUT2D eigenvalue weighted by Crippen LogP contribution is 2.31. The Morgan fingerprint density at radius 2 is 0.929 bits per heavy atom. The molecule has 6 heteroatoms. The zero-order valence-electron chi connectivity index (χ0n) is 17.3. The standard InChI is InChI=1S/C22H32N4O2/c1-5-21(6-2,19(23)27)25-13-9-17(10-14-25)18-11-15-26(16-12-18)22(7-3,8-4)20(24)28/h9-16H,5-8H2,1-4H3,(H2,23,27)(H2,24,28). The minimum Gasteiger partial charge on any atom is -0.368 e. The predicted octanol–water partition coefficient (Wildman–Crippen LogP) is 3.06. The van der Waals surface area contributed by atoms with Crippen molar-refractivity contribution in [2.24, 2.45) is 11.5 Å². The average molecular weight is 385 g/mol. The number of hydrogen-bond donors (Lipinski definition) is 2. The molecule has 0 aliphatic carbocycles. The van der Waals surface area contributed by atoms with Crippen molar-refractivity contribution in [3.8, 4) is 0 Å². The highest BCUT2D eigenvalue weighted by Gasteiger charge is 2.38. The quantitative estimate of drug-likeness (QED) is 0.673. The summed E-state index contributed by atoms with van der Waals surface area (Å²) in [6.45, 7) is 7.88. The van der Waals surface area contributed by atoms with Gasteiger partial charge in [0.2, 0.25) is 11.8 Å². The van der Waals surface area contributed by atoms with Gasteiger partial charge < -0.3 is 21.3 Å². The summed E-state index contributed by atoms with van der Waals surface area (Å²) in [6, 6.07) is 0. The number of primary amides is 2. The Bertz CT molecular complexity index is 669. The van der Waals surface area contributed by atoms with Crippen molar-refractivity contribution in [2.75, 3.05) is 0 Å². The number of nitrogens with zero attached hydrogens (tertiary/aromatic N) is 2. The summed E-state index contributed by atoms with van der Waals surface area (Å²) in [4.78, 5) is 27.9. The van der Waals surface area contributed by atoms with Gasteiger partial charge in [0.05, 0.1) is 0 Å². The largest absolute Gasteiger partial charge is 0.368 e. The number of carbonyl (C=O) groups is 2. The predicted molar refractivity (Wildman–Crippen MR) is 112 cm³/mol. The molecule has 0 aromatic heterocycles. The summed E-state index contributed by atoms with van der Waals surface area (Å²) in [5, 5.41) is 0. The zero-order valence-corrected chi connectivity index (χ0v) is 17.3. The molecule has 2 rings (SSSR count). The van der Waals surface area contributed by atoms with Gasteiger partial charge in [0.25, 0.3) is 0 Å². The van der Waals surface area contributed by atoms with Crippen molar-refractivity contribution in [2.45, 2.75) is 64.5 Å². The van der Waals surface area contributed by atoms with Gasteiger partial charge in [0, 0.05) is 24.8 Å². The van der Waals surface area contributed by atoms with E-state index in [4.69, 9.17) is 11.5 Å². The summed E-state index contributed by atoms with van der Waals surface area (Å²) in [6.07, 6.45) is 18.1. The first-order chi connectivity index (χ1) is 13.3. The second-order valence-corrected chi connectivity index (χ2v) is 7.19. The van der Waals surface area contributed by atoms with Crippen molar-refractivity contribution < 1.29 is 9.59 Å². The third-order valence-corrected chi connectivity index (χ3v) is 6.24. The molecule has 0 saturated heterocycles. The fraction of sp³-hybridized carbons (Fsp3) is 0.455. The van der Waals surface area contributed by atoms with Gasteiger partial charge in [-0.2, -0.15) is 0 Å². The molecule has 0 aromatic carbocycles. The van der Waals surface area contributed by atoms with E-state index < -0.39 is 11.1 Å². The lowest BCUT2D eigenvalue weighted by Gasteiger charge is -2.39. The van der Waals surface area contributed by atoms with Crippen molar-refractivity contribution in [1.29, 1.82) is 0 Å². The van der Waals surface area contributed by atoms with Gasteiger partial charge in [-0.05, 0) is 61.1 Å². The summed E-state index contributed by atoms with van der Waals surface area (Å²) in [5.41, 5.74) is 12.0. The summed E-state index contributed by atoms with van der Waals surface area (Å²) >= 11 is 0. The summed E-state index contributed by atoms with van der Waals surface area (Å²) < 4.78 is 0. The van der Waals surface area contributed by atoms with Crippen molar-refractivity contribution in [3.05, 3.63) is 60.3 Å². The normalized spacial score (nSPS) is 16.9. The third kappa shape index (κ3) is 3.51. The lowest BCUT2D eigenvalue weighted by Crippen LogP contribution is -2.53. The maximum Gasteiger partial charge on any atom is 0.243 e. The van der Waals surface area contributed by atoms with E-state index >= 15 is 0 Å². The van der Waals surface area contributed by atoms with Crippen LogP contribution in [0.15, 0.2) is 60.3 Å². The van der Waals surface area contributed by atoms with Crippen LogP contribution in [0.25, 0.3) is 0 Å². The van der Waals surface area contributed by atoms with Crippen molar-refractivity contribution in [3.63, 3.8) is 0 Å². The lowest BCUT2D eigenvalue weighted by molar-refractivity contribution is -0.128. The van der Waals surface area contributed by atoms with Gasteiger partial charge >= 0.3 is 0 Å². The minimum atomic E-state index is -0.707. The highest BCUT2D eigenvalue weighted by molar-refractivity contribution is 5.85. The number of rotatable bonds is 8. The first kappa shape index (κ1) is 21.5. The molecule has 0 spiro atoms. The molecule has 2 amide bonds. The average Bonchev–Trinajstić information content (AvgIpc) is 2.71. The van der Waals surface area contributed by atoms with E-state index in [0.29, 0.717) is 25.7 Å². The summed E-state index contributed by atoms with van der Waals surface area (Å²) in [5.74, 6) is -0.643. The fourth-order valence-corrected chi connectivity index (χ4v) is 3.99. The molecule has 0 fully saturated rings. The van der Waals surface area contributed by atoms with Gasteiger partial charge in [0.1, 0.15) is 11.1 Å². The maximum absolute atomic E-state index is 12.0. The Kier molecular flexibility index (Phi) is 6.54. The van der Waals surface area contributed by atoms with Crippen LogP contribution in [0.3, 0.4) is 0 Å². The van der Waals surface area contributed by atoms with Crippen LogP contribution in [0.4, 0.5) is 0 Å². The van der Waals surface area contributed by atoms with E-state index in [1.54, 1.807) is 0 Å². The number of nitrogens with two attached hydrogens (primary N) is 2. The molecule has 4 N–H and O–H groups in total. The van der Waals surface area contributed by atoms with Crippen LogP contribution >= 0.6 is 0 Å². The smallest absolute Gasteiger partial charge is 0.243 e. The molecular formula is C22H32N4O2. The third-order valence-electron chi connectivity index (χ3n) is 6.24. The fourth-order valence-electron chi connectivity index (χ4n) is 3.99. The van der Waals surface area contributed by atoms with E-state index in [-0.39, 0.29) is 11.8 Å². The van der Waals surface area contributed by atoms with Crippen LogP contribution in [-0.4, -0.2) is 32.7 Å². The van der Waals surface area contributed by atoms with Crippen molar-refractivity contribution in [1.82, 2.24) is 9.80 Å². The minimum absolute atomic E-state index is 0.321. The first-order valence-electron chi connectivity index (χ1n) is 9.95. The maximum atomic E-state index is 12.0. The number of hydrogen-bond acceptors (Lipinski definition) is 4. The van der Waals surface area contributed by atoms with Crippen molar-refractivity contribution >= 4 is 11.8 Å². The Morgan fingerprint density at radius 1 is 0.679 bits per heavy atom. The molecule has 2 aliphatic rings.